The van der Waals surface area contributed by atoms with Crippen LogP contribution in [-0.2, 0) is 0 Å². The maximum Gasteiger partial charge on any atom is 0.0545 e. The lowest BCUT2D eigenvalue weighted by Crippen LogP contribution is -2.40. The molecule has 2 unspecified atom stereocenters. The molecule has 1 saturated carbocycles. The van der Waals surface area contributed by atoms with Gasteiger partial charge in [-0.25, -0.2) is 0 Å². The number of hydrogen-bond donors (Lipinski definition) is 2. The van der Waals surface area contributed by atoms with E-state index in [-0.39, 0.29) is 0 Å². The van der Waals surface area contributed by atoms with Gasteiger partial charge in [0.15, 0.2) is 0 Å². The van der Waals surface area contributed by atoms with E-state index in [1.54, 1.807) is 0 Å². The Morgan fingerprint density at radius 2 is 2.36 bits per heavy atom. The van der Waals surface area contributed by atoms with Crippen molar-refractivity contribution in [2.45, 2.75) is 37.8 Å². The summed E-state index contributed by atoms with van der Waals surface area (Å²) in [6.45, 7) is 1.06. The van der Waals surface area contributed by atoms with Gasteiger partial charge in [-0.15, -0.1) is 18.2 Å². The second-order valence-electron chi connectivity index (χ2n) is 3.83. The van der Waals surface area contributed by atoms with Gasteiger partial charge < -0.3 is 11.1 Å². The van der Waals surface area contributed by atoms with Gasteiger partial charge in [-0.05, 0) is 19.3 Å². The van der Waals surface area contributed by atoms with E-state index in [2.05, 4.69) is 11.2 Å². The van der Waals surface area contributed by atoms with E-state index < -0.39 is 0 Å². The Bertz CT molecular complexity index is 188. The molecule has 0 radical (unpaired) electrons. The molecule has 14 heavy (non-hydrogen) atoms. The van der Waals surface area contributed by atoms with E-state index in [1.807, 2.05) is 11.8 Å². The minimum Gasteiger partial charge on any atom is -0.328 e. The normalized spacial score (nSPS) is 27.1. The Kier molecular flexibility index (Phi) is 6.09. The number of thioether (sulfide) groups is 1. The Hall–Kier alpha value is -0.170. The molecule has 0 aromatic rings. The molecule has 0 spiro atoms. The summed E-state index contributed by atoms with van der Waals surface area (Å²) in [4.78, 5) is 0. The number of hydrogen-bond acceptors (Lipinski definition) is 3. The Balaban J connectivity index is 1.98. The van der Waals surface area contributed by atoms with Crippen molar-refractivity contribution in [2.24, 2.45) is 5.73 Å². The van der Waals surface area contributed by atoms with Crippen LogP contribution in [0.25, 0.3) is 0 Å². The largest absolute Gasteiger partial charge is 0.328 e. The van der Waals surface area contributed by atoms with Gasteiger partial charge in [-0.3, -0.25) is 0 Å². The second-order valence-corrected chi connectivity index (χ2v) is 4.94. The van der Waals surface area contributed by atoms with Crippen LogP contribution in [0.1, 0.15) is 25.7 Å². The Labute approximate surface area is 91.4 Å². The van der Waals surface area contributed by atoms with Crippen LogP contribution in [0.4, 0.5) is 0 Å². The van der Waals surface area contributed by atoms with Crippen LogP contribution in [0.3, 0.4) is 0 Å². The fraction of sp³-hybridized carbons (Fsp3) is 0.818. The van der Waals surface area contributed by atoms with Gasteiger partial charge in [0.2, 0.25) is 0 Å². The fourth-order valence-electron chi connectivity index (χ4n) is 1.88. The molecule has 1 rings (SSSR count). The molecular formula is C11H20N2S. The molecule has 0 aromatic heterocycles. The number of nitrogens with one attached hydrogen (secondary N) is 1. The smallest absolute Gasteiger partial charge is 0.0545 e. The average Bonchev–Trinajstić information content (AvgIpc) is 2.18. The fourth-order valence-corrected chi connectivity index (χ4v) is 2.40. The number of terminal acetylenes is 1. The molecule has 3 N–H and O–H groups in total. The topological polar surface area (TPSA) is 38.0 Å². The quantitative estimate of drug-likeness (QED) is 0.531. The lowest BCUT2D eigenvalue weighted by atomic mass is 9.92. The van der Waals surface area contributed by atoms with Crippen molar-refractivity contribution >= 4 is 11.8 Å². The zero-order valence-corrected chi connectivity index (χ0v) is 9.48. The summed E-state index contributed by atoms with van der Waals surface area (Å²) in [7, 11) is 0. The minimum atomic E-state index is 0.416. The second kappa shape index (κ2) is 7.17. The monoisotopic (exact) mass is 212 g/mol. The van der Waals surface area contributed by atoms with Gasteiger partial charge in [0, 0.05) is 24.4 Å². The molecule has 0 aromatic carbocycles. The van der Waals surface area contributed by atoms with Crippen LogP contribution < -0.4 is 11.1 Å². The van der Waals surface area contributed by atoms with E-state index in [4.69, 9.17) is 12.2 Å². The highest BCUT2D eigenvalue weighted by Crippen LogP contribution is 2.16. The first-order chi connectivity index (χ1) is 6.83. The van der Waals surface area contributed by atoms with Crippen molar-refractivity contribution in [3.8, 4) is 12.3 Å². The van der Waals surface area contributed by atoms with Crippen molar-refractivity contribution in [1.82, 2.24) is 5.32 Å². The highest BCUT2D eigenvalue weighted by Gasteiger charge is 2.17. The van der Waals surface area contributed by atoms with Crippen LogP contribution in [0.15, 0.2) is 0 Å². The van der Waals surface area contributed by atoms with Crippen molar-refractivity contribution < 1.29 is 0 Å². The predicted octanol–water partition coefficient (Wildman–Crippen LogP) is 1.21. The maximum atomic E-state index is 5.91. The first-order valence-electron chi connectivity index (χ1n) is 5.33. The zero-order valence-electron chi connectivity index (χ0n) is 8.67. The molecule has 0 heterocycles. The molecule has 0 saturated heterocycles. The van der Waals surface area contributed by atoms with Crippen LogP contribution in [-0.4, -0.2) is 30.1 Å². The third-order valence-corrected chi connectivity index (χ3v) is 3.44. The van der Waals surface area contributed by atoms with Crippen LogP contribution >= 0.6 is 11.8 Å². The molecule has 1 fully saturated rings. The Morgan fingerprint density at radius 3 is 3.07 bits per heavy atom. The van der Waals surface area contributed by atoms with Crippen molar-refractivity contribution in [2.75, 3.05) is 18.1 Å². The van der Waals surface area contributed by atoms with E-state index in [1.165, 1.54) is 19.3 Å². The van der Waals surface area contributed by atoms with E-state index >= 15 is 0 Å². The summed E-state index contributed by atoms with van der Waals surface area (Å²) in [5.74, 6) is 4.56. The highest BCUT2D eigenvalue weighted by atomic mass is 32.2. The van der Waals surface area contributed by atoms with Crippen molar-refractivity contribution in [3.63, 3.8) is 0 Å². The van der Waals surface area contributed by atoms with E-state index in [9.17, 15) is 0 Å². The standard InChI is InChI=1S/C11H20N2S/c1-2-7-14-8-6-13-11-5-3-4-10(12)9-11/h1,10-11,13H,3-9,12H2. The van der Waals surface area contributed by atoms with Crippen LogP contribution in [0.2, 0.25) is 0 Å². The molecule has 0 amide bonds. The molecule has 1 aliphatic rings. The van der Waals surface area contributed by atoms with Gasteiger partial charge >= 0.3 is 0 Å². The van der Waals surface area contributed by atoms with Gasteiger partial charge in [-0.2, -0.15) is 0 Å². The number of nitrogens with two attached hydrogens (primary N) is 1. The van der Waals surface area contributed by atoms with Gasteiger partial charge in [0.1, 0.15) is 0 Å². The third-order valence-electron chi connectivity index (χ3n) is 2.58. The SMILES string of the molecule is C#CCSCCNC1CCCC(N)C1. The first-order valence-corrected chi connectivity index (χ1v) is 6.48. The summed E-state index contributed by atoms with van der Waals surface area (Å²) in [6, 6.07) is 1.06. The zero-order chi connectivity index (χ0) is 10.2. The highest BCUT2D eigenvalue weighted by molar-refractivity contribution is 7.99. The molecule has 1 aliphatic carbocycles. The molecule has 0 bridgehead atoms. The molecule has 80 valence electrons. The van der Waals surface area contributed by atoms with E-state index in [0.29, 0.717) is 12.1 Å². The third kappa shape index (κ3) is 4.90. The molecule has 3 heteroatoms. The average molecular weight is 212 g/mol. The molecule has 2 nitrogen and oxygen atoms in total. The summed E-state index contributed by atoms with van der Waals surface area (Å²) >= 11 is 1.81. The summed E-state index contributed by atoms with van der Waals surface area (Å²) < 4.78 is 0. The van der Waals surface area contributed by atoms with Crippen LogP contribution in [0.5, 0.6) is 0 Å². The summed E-state index contributed by atoms with van der Waals surface area (Å²) in [5, 5.41) is 3.54. The lowest BCUT2D eigenvalue weighted by molar-refractivity contribution is 0.345. The predicted molar refractivity (Wildman–Crippen MR) is 64.4 cm³/mol. The molecular weight excluding hydrogens is 192 g/mol. The minimum absolute atomic E-state index is 0.416. The van der Waals surface area contributed by atoms with Gasteiger partial charge in [0.05, 0.1) is 5.75 Å². The molecule has 0 aliphatic heterocycles. The van der Waals surface area contributed by atoms with Gasteiger partial charge in [0.25, 0.3) is 0 Å². The van der Waals surface area contributed by atoms with Crippen LogP contribution in [0, 0.1) is 12.3 Å². The van der Waals surface area contributed by atoms with Gasteiger partial charge in [-0.1, -0.05) is 12.3 Å². The van der Waals surface area contributed by atoms with Crippen molar-refractivity contribution in [1.29, 1.82) is 0 Å². The number of rotatable bonds is 5. The molecule has 2 atom stereocenters. The lowest BCUT2D eigenvalue weighted by Gasteiger charge is -2.27. The first kappa shape index (κ1) is 11.9. The van der Waals surface area contributed by atoms with E-state index in [0.717, 1.165) is 24.5 Å². The summed E-state index contributed by atoms with van der Waals surface area (Å²) in [6.07, 6.45) is 10.1. The Morgan fingerprint density at radius 1 is 1.50 bits per heavy atom. The maximum absolute atomic E-state index is 5.91. The van der Waals surface area contributed by atoms with Crippen molar-refractivity contribution in [3.05, 3.63) is 0 Å². The summed E-state index contributed by atoms with van der Waals surface area (Å²) in [5.41, 5.74) is 5.91.